The Balaban J connectivity index is 2.01. The Morgan fingerprint density at radius 3 is 2.43 bits per heavy atom. The molecule has 7 nitrogen and oxygen atoms in total. The van der Waals surface area contributed by atoms with E-state index >= 15 is 0 Å². The molecule has 0 aliphatic heterocycles. The summed E-state index contributed by atoms with van der Waals surface area (Å²) in [6.07, 6.45) is -2.32. The van der Waals surface area contributed by atoms with E-state index in [2.05, 4.69) is 11.6 Å². The third kappa shape index (κ3) is 7.20. The van der Waals surface area contributed by atoms with E-state index in [1.165, 1.54) is 6.08 Å². The van der Waals surface area contributed by atoms with Crippen molar-refractivity contribution < 1.29 is 36.2 Å². The van der Waals surface area contributed by atoms with Gasteiger partial charge in [0, 0.05) is 17.2 Å². The Kier molecular flexibility index (Phi) is 8.44. The van der Waals surface area contributed by atoms with E-state index in [0.717, 1.165) is 39.9 Å². The maximum absolute atomic E-state index is 13.5. The van der Waals surface area contributed by atoms with Crippen molar-refractivity contribution in [3.8, 4) is 5.75 Å². The molecule has 0 saturated carbocycles. The zero-order valence-electron chi connectivity index (χ0n) is 19.8. The molecular formula is C25H23F3N2O5S2. The maximum Gasteiger partial charge on any atom is 0.416 e. The Morgan fingerprint density at radius 2 is 1.89 bits per heavy atom. The first-order valence-corrected chi connectivity index (χ1v) is 13.0. The molecule has 0 bridgehead atoms. The van der Waals surface area contributed by atoms with Crippen LogP contribution in [0.4, 0.5) is 18.9 Å². The number of aryl methyl sites for hydroxylation is 1. The van der Waals surface area contributed by atoms with E-state index in [-0.39, 0.29) is 28.9 Å². The molecule has 196 valence electrons. The minimum absolute atomic E-state index is 0.0927. The number of aromatic nitrogens is 1. The Hall–Kier alpha value is -3.64. The van der Waals surface area contributed by atoms with E-state index in [9.17, 15) is 26.4 Å². The van der Waals surface area contributed by atoms with Gasteiger partial charge in [-0.05, 0) is 49.2 Å². The van der Waals surface area contributed by atoms with Crippen LogP contribution in [-0.4, -0.2) is 31.0 Å². The summed E-state index contributed by atoms with van der Waals surface area (Å²) in [5, 5.41) is 10.3. The number of carboxylic acid groups (broad SMARTS) is 1. The third-order valence-corrected chi connectivity index (χ3v) is 7.98. The fourth-order valence-corrected chi connectivity index (χ4v) is 5.83. The second kappa shape index (κ2) is 11.2. The monoisotopic (exact) mass is 552 g/mol. The van der Waals surface area contributed by atoms with Crippen LogP contribution in [0.1, 0.15) is 29.3 Å². The number of nitrogens with zero attached hydrogens (tertiary/aromatic N) is 2. The number of hydrogen-bond donors (Lipinski definition) is 1. The average Bonchev–Trinajstić information content (AvgIpc) is 3.27. The largest absolute Gasteiger partial charge is 0.487 e. The summed E-state index contributed by atoms with van der Waals surface area (Å²) in [6.45, 7) is 6.62. The van der Waals surface area contributed by atoms with Gasteiger partial charge in [-0.25, -0.2) is 9.78 Å². The number of benzene rings is 2. The van der Waals surface area contributed by atoms with E-state index in [0.29, 0.717) is 22.4 Å². The average molecular weight is 553 g/mol. The minimum Gasteiger partial charge on any atom is -0.487 e. The summed E-state index contributed by atoms with van der Waals surface area (Å²) in [4.78, 5) is 14.7. The number of rotatable bonds is 10. The molecule has 0 aliphatic carbocycles. The van der Waals surface area contributed by atoms with Crippen molar-refractivity contribution in [2.75, 3.05) is 10.8 Å². The van der Waals surface area contributed by atoms with Crippen LogP contribution < -0.4 is 9.04 Å². The highest BCUT2D eigenvalue weighted by atomic mass is 32.2. The summed E-state index contributed by atoms with van der Waals surface area (Å²) in [6, 6.07) is 9.08. The number of alkyl halides is 3. The maximum atomic E-state index is 13.5. The Labute approximate surface area is 216 Å². The third-order valence-electron chi connectivity index (χ3n) is 4.87. The number of sulfonamides is 1. The number of halogens is 3. The molecule has 37 heavy (non-hydrogen) atoms. The molecule has 0 saturated heterocycles. The van der Waals surface area contributed by atoms with Gasteiger partial charge in [0.1, 0.15) is 12.4 Å². The number of hydrogen-bond acceptors (Lipinski definition) is 6. The van der Waals surface area contributed by atoms with Crippen molar-refractivity contribution in [1.29, 1.82) is 0 Å². The normalized spacial score (nSPS) is 12.0. The van der Waals surface area contributed by atoms with Crippen LogP contribution in [0.5, 0.6) is 5.75 Å². The molecule has 3 aromatic rings. The molecule has 0 spiro atoms. The van der Waals surface area contributed by atoms with Gasteiger partial charge in [0.05, 0.1) is 17.8 Å². The SMILES string of the molecule is C=C(C)CN(c1ccc(C(F)(F)F)cc1OCc1ccc(/C=C/C(=O)O)cc1)S(=O)(=O)c1nc(C)cs1. The fourth-order valence-electron chi connectivity index (χ4n) is 3.16. The van der Waals surface area contributed by atoms with Gasteiger partial charge in [0.15, 0.2) is 0 Å². The van der Waals surface area contributed by atoms with Gasteiger partial charge >= 0.3 is 12.1 Å². The zero-order valence-corrected chi connectivity index (χ0v) is 21.5. The van der Waals surface area contributed by atoms with Crippen molar-refractivity contribution >= 4 is 39.1 Å². The first kappa shape index (κ1) is 27.9. The highest BCUT2D eigenvalue weighted by molar-refractivity contribution is 7.94. The van der Waals surface area contributed by atoms with Crippen LogP contribution in [0.15, 0.2) is 70.4 Å². The standard InChI is InChI=1S/C25H23F3N2O5S2/c1-16(2)13-30(37(33,34)24-29-17(3)15-36-24)21-10-9-20(25(26,27)28)12-22(21)35-14-19-6-4-18(5-7-19)8-11-23(31)32/h4-12,15H,1,13-14H2,2-3H3,(H,31,32)/b11-8+. The van der Waals surface area contributed by atoms with E-state index in [1.807, 2.05) is 0 Å². The van der Waals surface area contributed by atoms with Gasteiger partial charge in [-0.15, -0.1) is 11.3 Å². The number of anilines is 1. The van der Waals surface area contributed by atoms with E-state index in [1.54, 1.807) is 43.5 Å². The molecule has 0 radical (unpaired) electrons. The molecule has 1 heterocycles. The van der Waals surface area contributed by atoms with Crippen LogP contribution in [0.25, 0.3) is 6.08 Å². The smallest absolute Gasteiger partial charge is 0.416 e. The molecular weight excluding hydrogens is 529 g/mol. The van der Waals surface area contributed by atoms with Crippen LogP contribution >= 0.6 is 11.3 Å². The summed E-state index contributed by atoms with van der Waals surface area (Å²) < 4.78 is 73.8. The van der Waals surface area contributed by atoms with Crippen molar-refractivity contribution in [3.05, 3.63) is 88.5 Å². The van der Waals surface area contributed by atoms with Crippen LogP contribution in [0.2, 0.25) is 0 Å². The minimum atomic E-state index is -4.68. The lowest BCUT2D eigenvalue weighted by Gasteiger charge is -2.26. The lowest BCUT2D eigenvalue weighted by molar-refractivity contribution is -0.137. The second-order valence-corrected chi connectivity index (χ2v) is 11.0. The summed E-state index contributed by atoms with van der Waals surface area (Å²) in [7, 11) is -4.24. The Morgan fingerprint density at radius 1 is 1.22 bits per heavy atom. The number of carbonyl (C=O) groups is 1. The predicted molar refractivity (Wildman–Crippen MR) is 135 cm³/mol. The summed E-state index contributed by atoms with van der Waals surface area (Å²) >= 11 is 0.904. The molecule has 12 heteroatoms. The first-order valence-electron chi connectivity index (χ1n) is 10.7. The number of thiazole rings is 1. The molecule has 3 rings (SSSR count). The van der Waals surface area contributed by atoms with Crippen molar-refractivity contribution in [1.82, 2.24) is 4.98 Å². The number of ether oxygens (including phenoxy) is 1. The number of carboxylic acids is 1. The molecule has 1 aromatic heterocycles. The molecule has 1 N–H and O–H groups in total. The first-order chi connectivity index (χ1) is 17.3. The lowest BCUT2D eigenvalue weighted by atomic mass is 10.1. The van der Waals surface area contributed by atoms with Gasteiger partial charge in [0.25, 0.3) is 10.0 Å². The predicted octanol–water partition coefficient (Wildman–Crippen LogP) is 5.92. The topological polar surface area (TPSA) is 96.8 Å². The Bertz CT molecular complexity index is 1430. The molecule has 2 aromatic carbocycles. The van der Waals surface area contributed by atoms with Crippen LogP contribution in [-0.2, 0) is 27.6 Å². The van der Waals surface area contributed by atoms with Crippen molar-refractivity contribution in [3.63, 3.8) is 0 Å². The molecule has 0 unspecified atom stereocenters. The van der Waals surface area contributed by atoms with Crippen LogP contribution in [0, 0.1) is 6.92 Å². The zero-order chi connectivity index (χ0) is 27.4. The molecule has 0 atom stereocenters. The molecule has 0 amide bonds. The summed E-state index contributed by atoms with van der Waals surface area (Å²) in [5.74, 6) is -1.39. The quantitative estimate of drug-likeness (QED) is 0.248. The number of aliphatic carboxylic acids is 1. The van der Waals surface area contributed by atoms with Gasteiger partial charge in [-0.1, -0.05) is 36.4 Å². The van der Waals surface area contributed by atoms with Gasteiger partial charge in [-0.2, -0.15) is 21.6 Å². The van der Waals surface area contributed by atoms with Crippen molar-refractivity contribution in [2.45, 2.75) is 31.0 Å². The van der Waals surface area contributed by atoms with Gasteiger partial charge < -0.3 is 9.84 Å². The second-order valence-electron chi connectivity index (χ2n) is 8.11. The van der Waals surface area contributed by atoms with E-state index in [4.69, 9.17) is 9.84 Å². The molecule has 0 fully saturated rings. The van der Waals surface area contributed by atoms with Crippen molar-refractivity contribution in [2.24, 2.45) is 0 Å². The highest BCUT2D eigenvalue weighted by Crippen LogP contribution is 2.39. The molecule has 0 aliphatic rings. The van der Waals surface area contributed by atoms with Gasteiger partial charge in [-0.3, -0.25) is 4.31 Å². The lowest BCUT2D eigenvalue weighted by Crippen LogP contribution is -2.33. The summed E-state index contributed by atoms with van der Waals surface area (Å²) in [5.41, 5.74) is 1.02. The van der Waals surface area contributed by atoms with Gasteiger partial charge in [0.2, 0.25) is 4.34 Å². The fraction of sp³-hybridized carbons (Fsp3) is 0.200. The highest BCUT2D eigenvalue weighted by Gasteiger charge is 2.34. The van der Waals surface area contributed by atoms with E-state index < -0.39 is 27.7 Å². The van der Waals surface area contributed by atoms with Crippen LogP contribution in [0.3, 0.4) is 0 Å².